The molecule has 0 aliphatic carbocycles. The van der Waals surface area contributed by atoms with Crippen LogP contribution in [0.2, 0.25) is 0 Å². The molecule has 0 fully saturated rings. The van der Waals surface area contributed by atoms with Crippen molar-refractivity contribution in [3.05, 3.63) is 138 Å². The number of carbonyl (C=O) groups is 2. The highest BCUT2D eigenvalue weighted by Crippen LogP contribution is 2.29. The van der Waals surface area contributed by atoms with Crippen LogP contribution in [0.25, 0.3) is 0 Å². The Morgan fingerprint density at radius 2 is 0.953 bits per heavy atom. The SMILES string of the molecule is Cc1cc(OC(=O)Oc2ccccc2)ccc1N=Nc1ccc(N=Nc2ccc(OC(=O)c3ccccc3)cc2C)cc1. The van der Waals surface area contributed by atoms with Crippen LogP contribution in [0, 0.1) is 13.8 Å². The smallest absolute Gasteiger partial charge is 0.423 e. The number of esters is 1. The van der Waals surface area contributed by atoms with Crippen LogP contribution in [0.3, 0.4) is 0 Å². The molecule has 5 aromatic rings. The second-order valence-electron chi connectivity index (χ2n) is 9.34. The number of benzene rings is 5. The molecule has 0 aliphatic heterocycles. The Balaban J connectivity index is 1.16. The minimum atomic E-state index is -0.825. The molecule has 0 bridgehead atoms. The number of hydrogen-bond acceptors (Lipinski definition) is 9. The van der Waals surface area contributed by atoms with Crippen molar-refractivity contribution in [2.75, 3.05) is 0 Å². The number of carbonyl (C=O) groups excluding carboxylic acids is 2. The minimum absolute atomic E-state index is 0.338. The first-order valence-electron chi connectivity index (χ1n) is 13.3. The molecule has 5 rings (SSSR count). The van der Waals surface area contributed by atoms with Crippen molar-refractivity contribution < 1.29 is 23.8 Å². The molecule has 0 N–H and O–H groups in total. The lowest BCUT2D eigenvalue weighted by atomic mass is 10.2. The summed E-state index contributed by atoms with van der Waals surface area (Å²) in [6.07, 6.45) is -0.825. The summed E-state index contributed by atoms with van der Waals surface area (Å²) in [5.41, 5.74) is 4.61. The molecule has 212 valence electrons. The van der Waals surface area contributed by atoms with Gasteiger partial charge in [-0.3, -0.25) is 0 Å². The van der Waals surface area contributed by atoms with E-state index in [1.807, 2.05) is 26.0 Å². The lowest BCUT2D eigenvalue weighted by Gasteiger charge is -2.07. The van der Waals surface area contributed by atoms with Gasteiger partial charge >= 0.3 is 12.1 Å². The number of hydrogen-bond donors (Lipinski definition) is 0. The predicted molar refractivity (Wildman–Crippen MR) is 162 cm³/mol. The van der Waals surface area contributed by atoms with Crippen LogP contribution in [0.15, 0.2) is 142 Å². The summed E-state index contributed by atoms with van der Waals surface area (Å²) in [6.45, 7) is 3.71. The fourth-order valence-corrected chi connectivity index (χ4v) is 3.86. The van der Waals surface area contributed by atoms with Gasteiger partial charge in [0.2, 0.25) is 0 Å². The van der Waals surface area contributed by atoms with Crippen molar-refractivity contribution in [1.82, 2.24) is 0 Å². The van der Waals surface area contributed by atoms with Crippen molar-refractivity contribution in [3.8, 4) is 17.2 Å². The topological polar surface area (TPSA) is 111 Å². The summed E-state index contributed by atoms with van der Waals surface area (Å²) in [5.74, 6) is 0.747. The molecule has 0 saturated heterocycles. The molecular formula is C34H26N4O5. The van der Waals surface area contributed by atoms with Crippen molar-refractivity contribution in [2.45, 2.75) is 13.8 Å². The Morgan fingerprint density at radius 1 is 0.488 bits per heavy atom. The van der Waals surface area contributed by atoms with Gasteiger partial charge < -0.3 is 14.2 Å². The van der Waals surface area contributed by atoms with Gasteiger partial charge in [0, 0.05) is 0 Å². The highest BCUT2D eigenvalue weighted by atomic mass is 16.7. The summed E-state index contributed by atoms with van der Waals surface area (Å²) in [6, 6.07) is 34.8. The first-order valence-corrected chi connectivity index (χ1v) is 13.3. The van der Waals surface area contributed by atoms with Gasteiger partial charge in [0.15, 0.2) is 0 Å². The van der Waals surface area contributed by atoms with Crippen molar-refractivity contribution in [3.63, 3.8) is 0 Å². The highest BCUT2D eigenvalue weighted by molar-refractivity contribution is 5.91. The molecule has 0 aromatic heterocycles. The first kappa shape index (κ1) is 28.6. The van der Waals surface area contributed by atoms with E-state index in [1.165, 1.54) is 0 Å². The van der Waals surface area contributed by atoms with Gasteiger partial charge in [0.05, 0.1) is 28.3 Å². The molecule has 43 heavy (non-hydrogen) atoms. The normalized spacial score (nSPS) is 11.0. The van der Waals surface area contributed by atoms with E-state index in [9.17, 15) is 9.59 Å². The van der Waals surface area contributed by atoms with Crippen LogP contribution in [-0.2, 0) is 0 Å². The Kier molecular flexibility index (Phi) is 9.03. The van der Waals surface area contributed by atoms with E-state index in [-0.39, 0.29) is 0 Å². The second kappa shape index (κ2) is 13.6. The lowest BCUT2D eigenvalue weighted by Crippen LogP contribution is -2.13. The number of para-hydroxylation sites is 1. The van der Waals surface area contributed by atoms with Crippen LogP contribution < -0.4 is 14.2 Å². The summed E-state index contributed by atoms with van der Waals surface area (Å²) in [4.78, 5) is 24.3. The Morgan fingerprint density at radius 3 is 1.47 bits per heavy atom. The number of rotatable bonds is 8. The number of aryl methyl sites for hydroxylation is 2. The predicted octanol–water partition coefficient (Wildman–Crippen LogP) is 9.93. The van der Waals surface area contributed by atoms with Crippen LogP contribution in [-0.4, -0.2) is 12.1 Å². The third kappa shape index (κ3) is 8.05. The molecule has 0 saturated carbocycles. The average Bonchev–Trinajstić information content (AvgIpc) is 3.02. The lowest BCUT2D eigenvalue weighted by molar-refractivity contribution is 0.0734. The molecule has 0 radical (unpaired) electrons. The maximum atomic E-state index is 12.3. The zero-order chi connectivity index (χ0) is 30.0. The molecule has 5 aromatic carbocycles. The summed E-state index contributed by atoms with van der Waals surface area (Å²) >= 11 is 0. The Hall–Kier alpha value is -5.96. The van der Waals surface area contributed by atoms with E-state index in [1.54, 1.807) is 109 Å². The molecule has 0 spiro atoms. The summed E-state index contributed by atoms with van der Waals surface area (Å²) in [5, 5.41) is 17.2. The van der Waals surface area contributed by atoms with E-state index < -0.39 is 12.1 Å². The monoisotopic (exact) mass is 570 g/mol. The van der Waals surface area contributed by atoms with Crippen molar-refractivity contribution >= 4 is 34.9 Å². The maximum absolute atomic E-state index is 12.3. The summed E-state index contributed by atoms with van der Waals surface area (Å²) in [7, 11) is 0. The van der Waals surface area contributed by atoms with Gasteiger partial charge in [-0.05, 0) is 110 Å². The largest absolute Gasteiger partial charge is 0.519 e. The third-order valence-electron chi connectivity index (χ3n) is 6.10. The van der Waals surface area contributed by atoms with Gasteiger partial charge in [0.25, 0.3) is 0 Å². The fourth-order valence-electron chi connectivity index (χ4n) is 3.86. The standard InChI is InChI=1S/C34H26N4O5/c1-23-21-29(41-33(39)25-9-5-3-6-10-25)17-19-31(23)37-35-26-13-15-27(16-14-26)36-38-32-20-18-30(22-24(32)2)43-34(40)42-28-11-7-4-8-12-28/h3-22H,1-2H3. The molecule has 9 heteroatoms. The first-order chi connectivity index (χ1) is 20.9. The van der Waals surface area contributed by atoms with E-state index >= 15 is 0 Å². The summed E-state index contributed by atoms with van der Waals surface area (Å²) < 4.78 is 15.9. The van der Waals surface area contributed by atoms with Gasteiger partial charge in [-0.2, -0.15) is 20.5 Å². The van der Waals surface area contributed by atoms with Crippen LogP contribution in [0.1, 0.15) is 21.5 Å². The minimum Gasteiger partial charge on any atom is -0.423 e. The zero-order valence-electron chi connectivity index (χ0n) is 23.4. The number of ether oxygens (including phenoxy) is 3. The van der Waals surface area contributed by atoms with E-state index in [0.29, 0.717) is 45.6 Å². The molecule has 0 atom stereocenters. The van der Waals surface area contributed by atoms with Crippen LogP contribution in [0.5, 0.6) is 17.2 Å². The van der Waals surface area contributed by atoms with E-state index in [4.69, 9.17) is 14.2 Å². The highest BCUT2D eigenvalue weighted by Gasteiger charge is 2.10. The molecule has 0 heterocycles. The number of nitrogens with zero attached hydrogens (tertiary/aromatic N) is 4. The molecule has 0 amide bonds. The molecule has 9 nitrogen and oxygen atoms in total. The maximum Gasteiger partial charge on any atom is 0.519 e. The van der Waals surface area contributed by atoms with E-state index in [0.717, 1.165) is 11.1 Å². The molecule has 0 aliphatic rings. The van der Waals surface area contributed by atoms with Gasteiger partial charge in [-0.25, -0.2) is 9.59 Å². The second-order valence-corrected chi connectivity index (χ2v) is 9.34. The van der Waals surface area contributed by atoms with Gasteiger partial charge in [0.1, 0.15) is 17.2 Å². The third-order valence-corrected chi connectivity index (χ3v) is 6.10. The molecule has 0 unspecified atom stereocenters. The molecular weight excluding hydrogens is 544 g/mol. The van der Waals surface area contributed by atoms with Crippen molar-refractivity contribution in [1.29, 1.82) is 0 Å². The van der Waals surface area contributed by atoms with Gasteiger partial charge in [-0.15, -0.1) is 0 Å². The number of azo groups is 2. The Labute approximate surface area is 248 Å². The van der Waals surface area contributed by atoms with Crippen molar-refractivity contribution in [2.24, 2.45) is 20.5 Å². The fraction of sp³-hybridized carbons (Fsp3) is 0.0588. The van der Waals surface area contributed by atoms with Crippen LogP contribution >= 0.6 is 0 Å². The van der Waals surface area contributed by atoms with E-state index in [2.05, 4.69) is 20.5 Å². The average molecular weight is 571 g/mol. The Bertz CT molecular complexity index is 1790. The van der Waals surface area contributed by atoms with Crippen LogP contribution in [0.4, 0.5) is 27.5 Å². The quantitative estimate of drug-likeness (QED) is 0.0797. The zero-order valence-corrected chi connectivity index (χ0v) is 23.4. The van der Waals surface area contributed by atoms with Gasteiger partial charge in [-0.1, -0.05) is 36.4 Å².